The lowest BCUT2D eigenvalue weighted by molar-refractivity contribution is 0.273. The van der Waals surface area contributed by atoms with Crippen molar-refractivity contribution in [3.8, 4) is 5.75 Å². The Hall–Kier alpha value is -1.13. The van der Waals surface area contributed by atoms with Gasteiger partial charge in [-0.05, 0) is 18.6 Å². The Bertz CT molecular complexity index is 304. The molecule has 0 fully saturated rings. The lowest BCUT2D eigenvalue weighted by Gasteiger charge is -2.15. The minimum atomic E-state index is -0.531. The number of nitrogens with two attached hydrogens (primary N) is 1. The molecular weight excluding hydrogens is 185 g/mol. The molecule has 0 aliphatic heterocycles. The number of rotatable bonds is 4. The summed E-state index contributed by atoms with van der Waals surface area (Å²) in [4.78, 5) is 0. The summed E-state index contributed by atoms with van der Waals surface area (Å²) in [5.41, 5.74) is 6.03. The van der Waals surface area contributed by atoms with Crippen molar-refractivity contribution in [2.45, 2.75) is 12.5 Å². The Morgan fingerprint density at radius 3 is 2.86 bits per heavy atom. The highest BCUT2D eigenvalue weighted by molar-refractivity contribution is 5.36. The summed E-state index contributed by atoms with van der Waals surface area (Å²) in [7, 11) is 1.46. The van der Waals surface area contributed by atoms with E-state index in [-0.39, 0.29) is 6.61 Å². The van der Waals surface area contributed by atoms with Crippen LogP contribution in [-0.4, -0.2) is 18.8 Å². The van der Waals surface area contributed by atoms with Gasteiger partial charge in [0.1, 0.15) is 11.6 Å². The number of halogens is 1. The fourth-order valence-electron chi connectivity index (χ4n) is 1.34. The molecule has 0 unspecified atom stereocenters. The molecule has 1 aromatic rings. The normalized spacial score (nSPS) is 12.6. The van der Waals surface area contributed by atoms with E-state index in [1.54, 1.807) is 12.1 Å². The van der Waals surface area contributed by atoms with Gasteiger partial charge in [-0.25, -0.2) is 4.39 Å². The Morgan fingerprint density at radius 1 is 1.57 bits per heavy atom. The average molecular weight is 199 g/mol. The topological polar surface area (TPSA) is 55.5 Å². The van der Waals surface area contributed by atoms with E-state index >= 15 is 0 Å². The first-order valence-electron chi connectivity index (χ1n) is 4.39. The van der Waals surface area contributed by atoms with Crippen LogP contribution >= 0.6 is 0 Å². The van der Waals surface area contributed by atoms with Crippen molar-refractivity contribution < 1.29 is 14.2 Å². The lowest BCUT2D eigenvalue weighted by atomic mass is 10.0. The zero-order valence-electron chi connectivity index (χ0n) is 8.03. The van der Waals surface area contributed by atoms with Crippen LogP contribution in [0, 0.1) is 5.82 Å². The molecule has 0 saturated carbocycles. The van der Waals surface area contributed by atoms with Gasteiger partial charge in [0.15, 0.2) is 0 Å². The Labute approximate surface area is 82.3 Å². The van der Waals surface area contributed by atoms with Crippen molar-refractivity contribution in [3.63, 3.8) is 0 Å². The fourth-order valence-corrected chi connectivity index (χ4v) is 1.34. The van der Waals surface area contributed by atoms with Crippen molar-refractivity contribution >= 4 is 0 Å². The highest BCUT2D eigenvalue weighted by Crippen LogP contribution is 2.27. The third-order valence-corrected chi connectivity index (χ3v) is 2.04. The molecule has 1 atom stereocenters. The fraction of sp³-hybridized carbons (Fsp3) is 0.400. The molecule has 0 amide bonds. The molecule has 4 heteroatoms. The maximum atomic E-state index is 13.4. The van der Waals surface area contributed by atoms with E-state index in [9.17, 15) is 4.39 Å². The Morgan fingerprint density at radius 2 is 2.29 bits per heavy atom. The molecule has 0 bridgehead atoms. The van der Waals surface area contributed by atoms with E-state index in [0.717, 1.165) is 0 Å². The van der Waals surface area contributed by atoms with Crippen LogP contribution in [0.1, 0.15) is 18.0 Å². The summed E-state index contributed by atoms with van der Waals surface area (Å²) in [6.45, 7) is -0.0708. The maximum Gasteiger partial charge on any atom is 0.131 e. The van der Waals surface area contributed by atoms with E-state index in [1.165, 1.54) is 13.2 Å². The predicted octanol–water partition coefficient (Wildman–Crippen LogP) is 1.22. The lowest BCUT2D eigenvalue weighted by Crippen LogP contribution is -2.14. The summed E-state index contributed by atoms with van der Waals surface area (Å²) < 4.78 is 18.4. The minimum absolute atomic E-state index is 0.0708. The van der Waals surface area contributed by atoms with Gasteiger partial charge < -0.3 is 15.6 Å². The summed E-state index contributed by atoms with van der Waals surface area (Å²) >= 11 is 0. The molecule has 0 heterocycles. The van der Waals surface area contributed by atoms with Crippen LogP contribution in [-0.2, 0) is 0 Å². The summed E-state index contributed by atoms with van der Waals surface area (Å²) in [5, 5.41) is 8.71. The third-order valence-electron chi connectivity index (χ3n) is 2.04. The van der Waals surface area contributed by atoms with Crippen LogP contribution in [0.2, 0.25) is 0 Å². The molecule has 3 N–H and O–H groups in total. The van der Waals surface area contributed by atoms with E-state index in [2.05, 4.69) is 0 Å². The van der Waals surface area contributed by atoms with Crippen molar-refractivity contribution in [1.29, 1.82) is 0 Å². The maximum absolute atomic E-state index is 13.4. The smallest absolute Gasteiger partial charge is 0.131 e. The number of methoxy groups -OCH3 is 1. The average Bonchev–Trinajstić information content (AvgIpc) is 2.17. The molecule has 78 valence electrons. The summed E-state index contributed by atoms with van der Waals surface area (Å²) in [5.74, 6) is 0.0243. The number of aliphatic hydroxyl groups excluding tert-OH is 1. The SMILES string of the molecule is COc1cccc(F)c1[C@@H](N)CCO. The van der Waals surface area contributed by atoms with Gasteiger partial charge in [0.2, 0.25) is 0 Å². The molecular formula is C10H14FNO2. The molecule has 0 aliphatic rings. The second-order valence-corrected chi connectivity index (χ2v) is 2.97. The van der Waals surface area contributed by atoms with Gasteiger partial charge in [-0.3, -0.25) is 0 Å². The van der Waals surface area contributed by atoms with Crippen LogP contribution in [0.15, 0.2) is 18.2 Å². The van der Waals surface area contributed by atoms with Crippen molar-refractivity contribution in [3.05, 3.63) is 29.6 Å². The first-order chi connectivity index (χ1) is 6.70. The number of ether oxygens (including phenoxy) is 1. The number of hydrogen-bond acceptors (Lipinski definition) is 3. The van der Waals surface area contributed by atoms with Gasteiger partial charge in [-0.1, -0.05) is 6.07 Å². The van der Waals surface area contributed by atoms with Crippen LogP contribution < -0.4 is 10.5 Å². The molecule has 0 radical (unpaired) electrons. The van der Waals surface area contributed by atoms with Gasteiger partial charge in [0.25, 0.3) is 0 Å². The second-order valence-electron chi connectivity index (χ2n) is 2.97. The van der Waals surface area contributed by atoms with Crippen LogP contribution in [0.4, 0.5) is 4.39 Å². The number of aliphatic hydroxyl groups is 1. The quantitative estimate of drug-likeness (QED) is 0.766. The van der Waals surface area contributed by atoms with E-state index < -0.39 is 11.9 Å². The molecule has 1 aromatic carbocycles. The standard InChI is InChI=1S/C10H14FNO2/c1-14-9-4-2-3-7(11)10(9)8(12)5-6-13/h2-4,8,13H,5-6,12H2,1H3/t8-/m0/s1. The molecule has 0 aromatic heterocycles. The number of hydrogen-bond donors (Lipinski definition) is 2. The molecule has 14 heavy (non-hydrogen) atoms. The minimum Gasteiger partial charge on any atom is -0.496 e. The van der Waals surface area contributed by atoms with Crippen LogP contribution in [0.3, 0.4) is 0 Å². The summed E-state index contributed by atoms with van der Waals surface area (Å²) in [6, 6.07) is 4.00. The highest BCUT2D eigenvalue weighted by atomic mass is 19.1. The van der Waals surface area contributed by atoms with Crippen molar-refractivity contribution in [2.75, 3.05) is 13.7 Å². The van der Waals surface area contributed by atoms with Crippen LogP contribution in [0.25, 0.3) is 0 Å². The highest BCUT2D eigenvalue weighted by Gasteiger charge is 2.15. The monoisotopic (exact) mass is 199 g/mol. The van der Waals surface area contributed by atoms with Gasteiger partial charge in [-0.15, -0.1) is 0 Å². The Kier molecular flexibility index (Phi) is 3.85. The first kappa shape index (κ1) is 10.9. The van der Waals surface area contributed by atoms with Crippen molar-refractivity contribution in [2.24, 2.45) is 5.73 Å². The van der Waals surface area contributed by atoms with E-state index in [0.29, 0.717) is 17.7 Å². The van der Waals surface area contributed by atoms with Crippen LogP contribution in [0.5, 0.6) is 5.75 Å². The third kappa shape index (κ3) is 2.21. The van der Waals surface area contributed by atoms with E-state index in [1.807, 2.05) is 0 Å². The number of benzene rings is 1. The van der Waals surface area contributed by atoms with Crippen molar-refractivity contribution in [1.82, 2.24) is 0 Å². The molecule has 3 nitrogen and oxygen atoms in total. The van der Waals surface area contributed by atoms with Gasteiger partial charge in [-0.2, -0.15) is 0 Å². The zero-order chi connectivity index (χ0) is 10.6. The van der Waals surface area contributed by atoms with Gasteiger partial charge >= 0.3 is 0 Å². The second kappa shape index (κ2) is 4.93. The zero-order valence-corrected chi connectivity index (χ0v) is 8.03. The largest absolute Gasteiger partial charge is 0.496 e. The molecule has 0 saturated heterocycles. The molecule has 0 aliphatic carbocycles. The Balaban J connectivity index is 3.03. The summed E-state index contributed by atoms with van der Waals surface area (Å²) in [6.07, 6.45) is 0.317. The van der Waals surface area contributed by atoms with Gasteiger partial charge in [0.05, 0.1) is 7.11 Å². The predicted molar refractivity (Wildman–Crippen MR) is 51.6 cm³/mol. The molecule has 0 spiro atoms. The molecule has 1 rings (SSSR count). The van der Waals surface area contributed by atoms with Gasteiger partial charge in [0, 0.05) is 18.2 Å². The first-order valence-corrected chi connectivity index (χ1v) is 4.39. The van der Waals surface area contributed by atoms with E-state index in [4.69, 9.17) is 15.6 Å².